The minimum Gasteiger partial charge on any atom is -0.492 e. The van der Waals surface area contributed by atoms with Gasteiger partial charge in [-0.05, 0) is 30.0 Å². The van der Waals surface area contributed by atoms with Gasteiger partial charge in [0, 0.05) is 0 Å². The topological polar surface area (TPSA) is 77.2 Å². The molecule has 0 fully saturated rings. The minimum absolute atomic E-state index is 0.0190. The van der Waals surface area contributed by atoms with E-state index in [-0.39, 0.29) is 11.1 Å². The largest absolute Gasteiger partial charge is 0.492 e. The Morgan fingerprint density at radius 3 is 2.41 bits per heavy atom. The zero-order valence-electron chi connectivity index (χ0n) is 13.3. The van der Waals surface area contributed by atoms with Gasteiger partial charge in [0.25, 0.3) is 0 Å². The van der Waals surface area contributed by atoms with Gasteiger partial charge in [-0.2, -0.15) is 0 Å². The van der Waals surface area contributed by atoms with Crippen LogP contribution in [0.4, 0.5) is 0 Å². The van der Waals surface area contributed by atoms with E-state index in [1.807, 2.05) is 12.1 Å². The average molecular weight is 303 g/mol. The van der Waals surface area contributed by atoms with Crippen LogP contribution in [0.25, 0.3) is 0 Å². The van der Waals surface area contributed by atoms with Gasteiger partial charge in [0.2, 0.25) is 0 Å². The molecule has 0 amide bonds. The predicted molar refractivity (Wildman–Crippen MR) is 82.4 cm³/mol. The lowest BCUT2D eigenvalue weighted by Crippen LogP contribution is -2.12. The van der Waals surface area contributed by atoms with E-state index in [9.17, 15) is 4.79 Å². The van der Waals surface area contributed by atoms with Gasteiger partial charge in [-0.1, -0.05) is 38.1 Å². The van der Waals surface area contributed by atoms with Crippen molar-refractivity contribution in [3.8, 4) is 5.75 Å². The third-order valence-corrected chi connectivity index (χ3v) is 3.48. The van der Waals surface area contributed by atoms with Crippen LogP contribution < -0.4 is 4.74 Å². The Labute approximate surface area is 129 Å². The monoisotopic (exact) mass is 303 g/mol. The first-order chi connectivity index (χ1) is 10.3. The molecule has 0 saturated carbocycles. The van der Waals surface area contributed by atoms with Gasteiger partial charge in [-0.3, -0.25) is 0 Å². The van der Waals surface area contributed by atoms with Crippen LogP contribution in [0.2, 0.25) is 0 Å². The molecule has 0 bridgehead atoms. The molecule has 0 saturated heterocycles. The van der Waals surface area contributed by atoms with Crippen LogP contribution >= 0.6 is 0 Å². The minimum atomic E-state index is -1.07. The van der Waals surface area contributed by atoms with Crippen molar-refractivity contribution in [2.45, 2.75) is 39.7 Å². The van der Waals surface area contributed by atoms with Crippen LogP contribution in [0.15, 0.2) is 24.3 Å². The average Bonchev–Trinajstić information content (AvgIpc) is 2.80. The van der Waals surface area contributed by atoms with E-state index in [1.165, 1.54) is 10.2 Å². The normalized spacial score (nSPS) is 11.5. The van der Waals surface area contributed by atoms with E-state index in [2.05, 4.69) is 43.2 Å². The van der Waals surface area contributed by atoms with Crippen LogP contribution in [-0.4, -0.2) is 32.7 Å². The van der Waals surface area contributed by atoms with Crippen LogP contribution in [0.5, 0.6) is 5.75 Å². The smallest absolute Gasteiger partial charge is 0.358 e. The van der Waals surface area contributed by atoms with Crippen LogP contribution in [0, 0.1) is 6.92 Å². The molecule has 0 aliphatic heterocycles. The maximum Gasteiger partial charge on any atom is 0.358 e. The Morgan fingerprint density at radius 1 is 1.27 bits per heavy atom. The number of carboxylic acids is 1. The zero-order chi connectivity index (χ0) is 16.3. The van der Waals surface area contributed by atoms with Crippen molar-refractivity contribution >= 4 is 5.97 Å². The summed E-state index contributed by atoms with van der Waals surface area (Å²) in [6.07, 6.45) is 0. The molecule has 0 aliphatic carbocycles. The maximum absolute atomic E-state index is 10.9. The van der Waals surface area contributed by atoms with Crippen molar-refractivity contribution in [3.05, 3.63) is 41.2 Å². The highest BCUT2D eigenvalue weighted by Crippen LogP contribution is 2.24. The number of aromatic carboxylic acids is 1. The summed E-state index contributed by atoms with van der Waals surface area (Å²) in [5.74, 6) is -0.285. The van der Waals surface area contributed by atoms with Crippen molar-refractivity contribution < 1.29 is 14.6 Å². The molecule has 0 spiro atoms. The maximum atomic E-state index is 10.9. The lowest BCUT2D eigenvalue weighted by molar-refractivity contribution is 0.0689. The number of carboxylic acid groups (broad SMARTS) is 1. The number of hydrogen-bond acceptors (Lipinski definition) is 4. The first-order valence-electron chi connectivity index (χ1n) is 7.16. The Kier molecular flexibility index (Phi) is 4.49. The number of aromatic nitrogens is 3. The fourth-order valence-corrected chi connectivity index (χ4v) is 2.07. The quantitative estimate of drug-likeness (QED) is 0.919. The van der Waals surface area contributed by atoms with Gasteiger partial charge in [0.05, 0.1) is 12.2 Å². The van der Waals surface area contributed by atoms with Crippen molar-refractivity contribution in [3.63, 3.8) is 0 Å². The molecule has 118 valence electrons. The molecule has 0 radical (unpaired) electrons. The van der Waals surface area contributed by atoms with Gasteiger partial charge < -0.3 is 9.84 Å². The zero-order valence-corrected chi connectivity index (χ0v) is 13.3. The van der Waals surface area contributed by atoms with Crippen molar-refractivity contribution in [1.29, 1.82) is 0 Å². The molecule has 0 aliphatic rings. The second-order valence-electron chi connectivity index (χ2n) is 6.17. The Bertz CT molecular complexity index is 654. The molecule has 6 nitrogen and oxygen atoms in total. The molecule has 2 aromatic rings. The molecule has 1 heterocycles. The standard InChI is InChI=1S/C16H21N3O3/c1-11-14(15(20)21)17-18-19(11)9-10-22-13-7-5-12(6-8-13)16(2,3)4/h5-8H,9-10H2,1-4H3,(H,20,21). The summed E-state index contributed by atoms with van der Waals surface area (Å²) >= 11 is 0. The van der Waals surface area contributed by atoms with Crippen molar-refractivity contribution in [2.24, 2.45) is 0 Å². The SMILES string of the molecule is Cc1c(C(=O)O)nnn1CCOc1ccc(C(C)(C)C)cc1. The predicted octanol–water partition coefficient (Wildman–Crippen LogP) is 2.66. The molecule has 0 unspecified atom stereocenters. The Morgan fingerprint density at radius 2 is 1.91 bits per heavy atom. The molecule has 6 heteroatoms. The van der Waals surface area contributed by atoms with E-state index in [4.69, 9.17) is 9.84 Å². The third-order valence-electron chi connectivity index (χ3n) is 3.48. The van der Waals surface area contributed by atoms with Crippen LogP contribution in [0.1, 0.15) is 42.5 Å². The summed E-state index contributed by atoms with van der Waals surface area (Å²) in [5, 5.41) is 16.4. The van der Waals surface area contributed by atoms with Crippen LogP contribution in [-0.2, 0) is 12.0 Å². The highest BCUT2D eigenvalue weighted by atomic mass is 16.5. The summed E-state index contributed by atoms with van der Waals surface area (Å²) < 4.78 is 7.20. The highest BCUT2D eigenvalue weighted by Gasteiger charge is 2.15. The summed E-state index contributed by atoms with van der Waals surface area (Å²) in [7, 11) is 0. The number of hydrogen-bond donors (Lipinski definition) is 1. The lowest BCUT2D eigenvalue weighted by atomic mass is 9.87. The number of rotatable bonds is 5. The molecule has 1 aromatic heterocycles. The molecule has 2 rings (SSSR count). The number of nitrogens with zero attached hydrogens (tertiary/aromatic N) is 3. The third kappa shape index (κ3) is 3.63. The van der Waals surface area contributed by atoms with E-state index in [0.717, 1.165) is 5.75 Å². The lowest BCUT2D eigenvalue weighted by Gasteiger charge is -2.19. The van der Waals surface area contributed by atoms with Crippen molar-refractivity contribution in [2.75, 3.05) is 6.61 Å². The molecular formula is C16H21N3O3. The van der Waals surface area contributed by atoms with E-state index in [1.54, 1.807) is 6.92 Å². The molecule has 1 aromatic carbocycles. The molecule has 0 atom stereocenters. The molecular weight excluding hydrogens is 282 g/mol. The summed E-state index contributed by atoms with van der Waals surface area (Å²) in [4.78, 5) is 10.9. The fourth-order valence-electron chi connectivity index (χ4n) is 2.07. The summed E-state index contributed by atoms with van der Waals surface area (Å²) in [6.45, 7) is 9.02. The van der Waals surface area contributed by atoms with Gasteiger partial charge in [-0.25, -0.2) is 9.48 Å². The van der Waals surface area contributed by atoms with E-state index < -0.39 is 5.97 Å². The van der Waals surface area contributed by atoms with E-state index in [0.29, 0.717) is 18.8 Å². The van der Waals surface area contributed by atoms with Gasteiger partial charge in [0.15, 0.2) is 5.69 Å². The van der Waals surface area contributed by atoms with Gasteiger partial charge in [0.1, 0.15) is 12.4 Å². The number of carbonyl (C=O) groups is 1. The Hall–Kier alpha value is -2.37. The van der Waals surface area contributed by atoms with Crippen molar-refractivity contribution in [1.82, 2.24) is 15.0 Å². The number of benzene rings is 1. The second kappa shape index (κ2) is 6.17. The fraction of sp³-hybridized carbons (Fsp3) is 0.438. The highest BCUT2D eigenvalue weighted by molar-refractivity contribution is 5.86. The first-order valence-corrected chi connectivity index (χ1v) is 7.16. The first kappa shape index (κ1) is 16.0. The summed E-state index contributed by atoms with van der Waals surface area (Å²) in [5.41, 5.74) is 1.87. The molecule has 22 heavy (non-hydrogen) atoms. The molecule has 1 N–H and O–H groups in total. The second-order valence-corrected chi connectivity index (χ2v) is 6.17. The number of ether oxygens (including phenoxy) is 1. The van der Waals surface area contributed by atoms with E-state index >= 15 is 0 Å². The van der Waals surface area contributed by atoms with Gasteiger partial charge >= 0.3 is 5.97 Å². The van der Waals surface area contributed by atoms with Gasteiger partial charge in [-0.15, -0.1) is 5.10 Å². The Balaban J connectivity index is 1.93. The summed E-state index contributed by atoms with van der Waals surface area (Å²) in [6, 6.07) is 7.99. The van der Waals surface area contributed by atoms with Crippen LogP contribution in [0.3, 0.4) is 0 Å².